The Morgan fingerprint density at radius 3 is 1.56 bits per heavy atom. The van der Waals surface area contributed by atoms with E-state index < -0.39 is 0 Å². The Hall–Kier alpha value is -3.78. The number of nitrogens with zero attached hydrogens (tertiary/aromatic N) is 2. The van der Waals surface area contributed by atoms with Crippen molar-refractivity contribution in [1.29, 1.82) is 0 Å². The highest BCUT2D eigenvalue weighted by Crippen LogP contribution is 2.25. The largest absolute Gasteiger partial charge is 0.378 e. The highest BCUT2D eigenvalue weighted by molar-refractivity contribution is 5.95. The summed E-state index contributed by atoms with van der Waals surface area (Å²) in [6.45, 7) is 0. The summed E-state index contributed by atoms with van der Waals surface area (Å²) in [7, 11) is 8.25. The molecule has 0 aromatic heterocycles. The van der Waals surface area contributed by atoms with Crippen LogP contribution in [0.4, 0.5) is 11.4 Å². The molecule has 4 rings (SSSR count). The smallest absolute Gasteiger partial charge is 0.0361 e. The predicted molar refractivity (Wildman–Crippen MR) is 143 cm³/mol. The van der Waals surface area contributed by atoms with Crippen molar-refractivity contribution in [3.05, 3.63) is 107 Å². The molecule has 0 spiro atoms. The van der Waals surface area contributed by atoms with E-state index in [9.17, 15) is 0 Å². The van der Waals surface area contributed by atoms with Gasteiger partial charge in [0.05, 0.1) is 0 Å². The topological polar surface area (TPSA) is 6.48 Å². The molecule has 0 radical (unpaired) electrons. The molecule has 32 heavy (non-hydrogen) atoms. The van der Waals surface area contributed by atoms with Gasteiger partial charge in [0, 0.05) is 39.6 Å². The summed E-state index contributed by atoms with van der Waals surface area (Å²) in [6.07, 6.45) is 8.78. The molecule has 4 aromatic carbocycles. The van der Waals surface area contributed by atoms with Crippen molar-refractivity contribution in [3.63, 3.8) is 0 Å². The van der Waals surface area contributed by atoms with Crippen LogP contribution in [0.2, 0.25) is 0 Å². The van der Waals surface area contributed by atoms with Crippen LogP contribution in [0.5, 0.6) is 0 Å². The molecule has 0 saturated carbocycles. The van der Waals surface area contributed by atoms with Crippen LogP contribution in [0, 0.1) is 0 Å². The number of rotatable bonds is 6. The van der Waals surface area contributed by atoms with Gasteiger partial charge in [0.25, 0.3) is 0 Å². The third-order valence-corrected chi connectivity index (χ3v) is 5.66. The van der Waals surface area contributed by atoms with Crippen molar-refractivity contribution in [2.24, 2.45) is 0 Å². The monoisotopic (exact) mass is 418 g/mol. The van der Waals surface area contributed by atoms with E-state index in [1.807, 2.05) is 0 Å². The summed E-state index contributed by atoms with van der Waals surface area (Å²) >= 11 is 0. The fourth-order valence-corrected chi connectivity index (χ4v) is 3.74. The Morgan fingerprint density at radius 2 is 1.00 bits per heavy atom. The van der Waals surface area contributed by atoms with Gasteiger partial charge in [-0.2, -0.15) is 0 Å². The molecule has 160 valence electrons. The van der Waals surface area contributed by atoms with Crippen LogP contribution in [0.25, 0.3) is 35.1 Å². The van der Waals surface area contributed by atoms with Crippen molar-refractivity contribution in [1.82, 2.24) is 0 Å². The van der Waals surface area contributed by atoms with Crippen LogP contribution in [0.3, 0.4) is 0 Å². The zero-order chi connectivity index (χ0) is 22.5. The van der Waals surface area contributed by atoms with Gasteiger partial charge in [-0.3, -0.25) is 0 Å². The van der Waals surface area contributed by atoms with Gasteiger partial charge in [0.15, 0.2) is 0 Å². The normalized spacial score (nSPS) is 11.5. The molecule has 0 fully saturated rings. The molecule has 0 bridgehead atoms. The van der Waals surface area contributed by atoms with Crippen LogP contribution in [0.1, 0.15) is 22.3 Å². The van der Waals surface area contributed by atoms with Gasteiger partial charge in [-0.1, -0.05) is 72.8 Å². The Kier molecular flexibility index (Phi) is 6.42. The molecule has 0 heterocycles. The van der Waals surface area contributed by atoms with Crippen LogP contribution < -0.4 is 9.80 Å². The van der Waals surface area contributed by atoms with Crippen molar-refractivity contribution < 1.29 is 0 Å². The first-order valence-electron chi connectivity index (χ1n) is 10.9. The Labute approximate surface area is 191 Å². The lowest BCUT2D eigenvalue weighted by molar-refractivity contribution is 1.13. The number of hydrogen-bond donors (Lipinski definition) is 0. The van der Waals surface area contributed by atoms with Crippen LogP contribution in [-0.4, -0.2) is 28.2 Å². The lowest BCUT2D eigenvalue weighted by atomic mass is 9.99. The van der Waals surface area contributed by atoms with Crippen LogP contribution in [0.15, 0.2) is 84.9 Å². The van der Waals surface area contributed by atoms with Gasteiger partial charge in [-0.25, -0.2) is 0 Å². The van der Waals surface area contributed by atoms with Crippen LogP contribution >= 0.6 is 0 Å². The minimum atomic E-state index is 1.20. The Bertz CT molecular complexity index is 1240. The molecular formula is C30H30N2. The molecule has 0 aliphatic heterocycles. The minimum Gasteiger partial charge on any atom is -0.378 e. The maximum absolute atomic E-state index is 2.26. The molecule has 0 atom stereocenters. The van der Waals surface area contributed by atoms with Crippen molar-refractivity contribution in [2.45, 2.75) is 0 Å². The second-order valence-corrected chi connectivity index (χ2v) is 8.47. The van der Waals surface area contributed by atoms with Gasteiger partial charge in [-0.05, 0) is 69.4 Å². The third kappa shape index (κ3) is 5.09. The summed E-state index contributed by atoms with van der Waals surface area (Å²) in [5.74, 6) is 0. The lowest BCUT2D eigenvalue weighted by Gasteiger charge is -2.12. The minimum absolute atomic E-state index is 1.20. The molecular weight excluding hydrogens is 388 g/mol. The molecule has 0 N–H and O–H groups in total. The third-order valence-electron chi connectivity index (χ3n) is 5.66. The molecule has 0 saturated heterocycles. The van der Waals surface area contributed by atoms with Crippen molar-refractivity contribution >= 4 is 46.5 Å². The highest BCUT2D eigenvalue weighted by atomic mass is 15.1. The second kappa shape index (κ2) is 9.57. The van der Waals surface area contributed by atoms with E-state index in [-0.39, 0.29) is 0 Å². The summed E-state index contributed by atoms with van der Waals surface area (Å²) in [4.78, 5) is 4.23. The van der Waals surface area contributed by atoms with E-state index >= 15 is 0 Å². The van der Waals surface area contributed by atoms with Gasteiger partial charge < -0.3 is 9.80 Å². The number of anilines is 2. The number of fused-ring (bicyclic) bond motifs is 1. The molecule has 0 unspecified atom stereocenters. The summed E-state index contributed by atoms with van der Waals surface area (Å²) in [6, 6.07) is 30.3. The first kappa shape index (κ1) is 21.5. The zero-order valence-corrected chi connectivity index (χ0v) is 19.3. The van der Waals surface area contributed by atoms with E-state index in [0.29, 0.717) is 0 Å². The second-order valence-electron chi connectivity index (χ2n) is 8.47. The van der Waals surface area contributed by atoms with E-state index in [2.05, 4.69) is 147 Å². The maximum atomic E-state index is 2.26. The Morgan fingerprint density at radius 1 is 0.500 bits per heavy atom. The van der Waals surface area contributed by atoms with E-state index in [4.69, 9.17) is 0 Å². The average Bonchev–Trinajstić information content (AvgIpc) is 2.81. The first-order chi connectivity index (χ1) is 15.5. The van der Waals surface area contributed by atoms with E-state index in [0.717, 1.165) is 0 Å². The molecule has 0 amide bonds. The van der Waals surface area contributed by atoms with Crippen molar-refractivity contribution in [2.75, 3.05) is 38.0 Å². The fraction of sp³-hybridized carbons (Fsp3) is 0.133. The number of hydrogen-bond acceptors (Lipinski definition) is 2. The van der Waals surface area contributed by atoms with E-state index in [1.54, 1.807) is 0 Å². The van der Waals surface area contributed by atoms with E-state index in [1.165, 1.54) is 44.4 Å². The standard InChI is InChI=1S/C30H30N2/c1-31(2)28-17-12-23(13-18-28)9-10-25-21-26-7-5-6-8-30(26)27(22-25)16-11-24-14-19-29(20-15-24)32(3)4/h5-22H,1-4H3/b10-9+,16-11+. The predicted octanol–water partition coefficient (Wildman–Crippen LogP) is 7.31. The summed E-state index contributed by atoms with van der Waals surface area (Å²) in [5, 5.41) is 2.52. The van der Waals surface area contributed by atoms with Gasteiger partial charge >= 0.3 is 0 Å². The Balaban J connectivity index is 1.63. The number of benzene rings is 4. The molecule has 0 aliphatic carbocycles. The van der Waals surface area contributed by atoms with Gasteiger partial charge in [0.1, 0.15) is 0 Å². The molecule has 2 heteroatoms. The molecule has 4 aromatic rings. The van der Waals surface area contributed by atoms with Gasteiger partial charge in [0.2, 0.25) is 0 Å². The fourth-order valence-electron chi connectivity index (χ4n) is 3.74. The maximum Gasteiger partial charge on any atom is 0.0361 e. The van der Waals surface area contributed by atoms with Crippen molar-refractivity contribution in [3.8, 4) is 0 Å². The van der Waals surface area contributed by atoms with Crippen LogP contribution in [-0.2, 0) is 0 Å². The SMILES string of the molecule is CN(C)c1ccc(/C=C/c2cc(/C=C/c3ccc(N(C)C)cc3)c3ccccc3c2)cc1. The molecule has 2 nitrogen and oxygen atoms in total. The average molecular weight is 419 g/mol. The molecule has 0 aliphatic rings. The first-order valence-corrected chi connectivity index (χ1v) is 10.9. The lowest BCUT2D eigenvalue weighted by Crippen LogP contribution is -2.07. The summed E-state index contributed by atoms with van der Waals surface area (Å²) in [5.41, 5.74) is 7.23. The summed E-state index contributed by atoms with van der Waals surface area (Å²) < 4.78 is 0. The zero-order valence-electron chi connectivity index (χ0n) is 19.3. The quantitative estimate of drug-likeness (QED) is 0.303. The van der Waals surface area contributed by atoms with Gasteiger partial charge in [-0.15, -0.1) is 0 Å². The highest BCUT2D eigenvalue weighted by Gasteiger charge is 2.01.